The molecule has 1 amide bonds. The van der Waals surface area contributed by atoms with Crippen LogP contribution in [-0.2, 0) is 15.7 Å². The molecule has 0 saturated carbocycles. The molecule has 0 bridgehead atoms. The predicted octanol–water partition coefficient (Wildman–Crippen LogP) is 4.41. The van der Waals surface area contributed by atoms with E-state index in [0.29, 0.717) is 6.07 Å². The van der Waals surface area contributed by atoms with Crippen LogP contribution in [0.2, 0.25) is 5.02 Å². The van der Waals surface area contributed by atoms with E-state index in [1.54, 1.807) is 23.6 Å². The number of carbonyl (C=O) groups is 1. The molecule has 6 radical (unpaired) electrons. The van der Waals surface area contributed by atoms with Gasteiger partial charge in [-0.2, -0.15) is 18.2 Å². The lowest BCUT2D eigenvalue weighted by atomic mass is 9.52. The van der Waals surface area contributed by atoms with E-state index < -0.39 is 68.6 Å². The van der Waals surface area contributed by atoms with Crippen LogP contribution in [0.3, 0.4) is 0 Å². The van der Waals surface area contributed by atoms with Gasteiger partial charge in [-0.3, -0.25) is 9.36 Å². The van der Waals surface area contributed by atoms with Crippen molar-refractivity contribution in [3.05, 3.63) is 63.6 Å². The van der Waals surface area contributed by atoms with E-state index in [4.69, 9.17) is 39.9 Å². The summed E-state index contributed by atoms with van der Waals surface area (Å²) in [5.74, 6) is -2.85. The van der Waals surface area contributed by atoms with Crippen LogP contribution in [0.5, 0.6) is 0 Å². The third-order valence-corrected chi connectivity index (χ3v) is 9.22. The number of piperazine rings is 1. The maximum Gasteiger partial charge on any atom is 0.417 e. The van der Waals surface area contributed by atoms with Gasteiger partial charge in [-0.05, 0) is 37.4 Å². The molecule has 3 heterocycles. The molecule has 17 heteroatoms. The summed E-state index contributed by atoms with van der Waals surface area (Å²) in [5.41, 5.74) is -3.28. The van der Waals surface area contributed by atoms with Crippen molar-refractivity contribution in [2.45, 2.75) is 48.3 Å². The minimum atomic E-state index is -5.03. The molecule has 2 aliphatic heterocycles. The SMILES string of the molecule is [B]C([B])([B])OC[C@H]1CSc2c(-c3cc(Cl)c(F)cc3F)c(C(F)(F)F)cc3c(N4C[C@@H](C)N(C(=O)C=C)[C@@H](C)C4)nc(=O)n1c23. The van der Waals surface area contributed by atoms with Crippen molar-refractivity contribution < 1.29 is 31.5 Å². The number of thioether (sulfide) groups is 1. The maximum absolute atomic E-state index is 15.2. The zero-order chi connectivity index (χ0) is 33.2. The van der Waals surface area contributed by atoms with Crippen molar-refractivity contribution in [3.63, 3.8) is 0 Å². The maximum atomic E-state index is 15.2. The lowest BCUT2D eigenvalue weighted by Gasteiger charge is -2.45. The van der Waals surface area contributed by atoms with E-state index in [9.17, 15) is 27.2 Å². The number of hydrogen-bond acceptors (Lipinski definition) is 6. The fourth-order valence-corrected chi connectivity index (χ4v) is 7.41. The van der Waals surface area contributed by atoms with Crippen molar-refractivity contribution in [2.24, 2.45) is 0 Å². The number of nitrogens with zero attached hydrogens (tertiary/aromatic N) is 4. The first kappa shape index (κ1) is 33.4. The summed E-state index contributed by atoms with van der Waals surface area (Å²) in [6, 6.07) is 0.280. The highest BCUT2D eigenvalue weighted by Crippen LogP contribution is 2.50. The third kappa shape index (κ3) is 6.25. The Bertz CT molecular complexity index is 1760. The highest BCUT2D eigenvalue weighted by Gasteiger charge is 2.41. The molecule has 7 nitrogen and oxygen atoms in total. The number of alkyl halides is 3. The highest BCUT2D eigenvalue weighted by molar-refractivity contribution is 7.99. The Morgan fingerprint density at radius 1 is 1.16 bits per heavy atom. The van der Waals surface area contributed by atoms with Crippen LogP contribution >= 0.6 is 23.4 Å². The largest absolute Gasteiger partial charge is 0.417 e. The van der Waals surface area contributed by atoms with Gasteiger partial charge < -0.3 is 14.5 Å². The number of ether oxygens (including phenoxy) is 1. The summed E-state index contributed by atoms with van der Waals surface area (Å²) in [4.78, 5) is 33.6. The van der Waals surface area contributed by atoms with Gasteiger partial charge in [0.2, 0.25) is 5.91 Å². The van der Waals surface area contributed by atoms with Gasteiger partial charge in [0.15, 0.2) is 0 Å². The van der Waals surface area contributed by atoms with Crippen LogP contribution in [0.1, 0.15) is 25.5 Å². The van der Waals surface area contributed by atoms with E-state index in [-0.39, 0.29) is 53.0 Å². The molecule has 2 aliphatic rings. The van der Waals surface area contributed by atoms with Crippen LogP contribution in [0, 0.1) is 11.6 Å². The van der Waals surface area contributed by atoms with Crippen LogP contribution in [0.4, 0.5) is 27.8 Å². The summed E-state index contributed by atoms with van der Waals surface area (Å²) in [6.07, 6.45) is -3.86. The molecule has 5 rings (SSSR count). The minimum absolute atomic E-state index is 0.0132. The average molecular weight is 658 g/mol. The predicted molar refractivity (Wildman–Crippen MR) is 165 cm³/mol. The Kier molecular flexibility index (Phi) is 8.91. The second-order valence-corrected chi connectivity index (χ2v) is 12.5. The first-order valence-corrected chi connectivity index (χ1v) is 15.0. The number of benzene rings is 2. The summed E-state index contributed by atoms with van der Waals surface area (Å²) in [6.45, 7) is 6.99. The van der Waals surface area contributed by atoms with E-state index in [2.05, 4.69) is 11.6 Å². The summed E-state index contributed by atoms with van der Waals surface area (Å²) in [7, 11) is 16.7. The van der Waals surface area contributed by atoms with Gasteiger partial charge in [0, 0.05) is 58.4 Å². The fraction of sp³-hybridized carbons (Fsp3) is 0.393. The smallest absolute Gasteiger partial charge is 0.401 e. The lowest BCUT2D eigenvalue weighted by molar-refractivity contribution is -0.137. The molecule has 0 spiro atoms. The second kappa shape index (κ2) is 12.0. The summed E-state index contributed by atoms with van der Waals surface area (Å²) < 4.78 is 80.3. The van der Waals surface area contributed by atoms with Crippen LogP contribution in [-0.4, -0.2) is 86.7 Å². The molecular formula is C28H23B3ClF5N4O3S. The van der Waals surface area contributed by atoms with Crippen LogP contribution in [0.15, 0.2) is 40.5 Å². The zero-order valence-electron chi connectivity index (χ0n) is 24.0. The molecule has 3 atom stereocenters. The molecule has 1 saturated heterocycles. The standard InChI is InChI=1S/C28H23B3ClF5N4O3S/c1-4-21(42)40-12(2)8-39(9-13(40)3)25-16-5-17(27(35,36)37)22(15-6-18(32)20(34)7-19(15)33)24-23(16)41(26(43)38-25)14(11-45-24)10-44-28(29,30)31/h4-7,12-14H,1,8-11H2,2-3H3/t12-,13+,14-/m0/s1. The summed E-state index contributed by atoms with van der Waals surface area (Å²) >= 11 is 6.81. The number of hydrogen-bond donors (Lipinski definition) is 0. The van der Waals surface area contributed by atoms with Gasteiger partial charge in [-0.1, -0.05) is 18.2 Å². The number of rotatable bonds is 6. The molecule has 230 valence electrons. The van der Waals surface area contributed by atoms with Gasteiger partial charge in [-0.25, -0.2) is 13.6 Å². The third-order valence-electron chi connectivity index (χ3n) is 7.69. The zero-order valence-corrected chi connectivity index (χ0v) is 25.6. The number of amides is 1. The second-order valence-electron chi connectivity index (χ2n) is 11.0. The Hall–Kier alpha value is -2.97. The number of halogens is 6. The Labute approximate surface area is 268 Å². The Morgan fingerprint density at radius 2 is 1.80 bits per heavy atom. The number of anilines is 1. The monoisotopic (exact) mass is 658 g/mol. The summed E-state index contributed by atoms with van der Waals surface area (Å²) in [5, 5.41) is -2.73. The van der Waals surface area contributed by atoms with E-state index in [1.165, 1.54) is 6.08 Å². The van der Waals surface area contributed by atoms with Crippen molar-refractivity contribution in [1.29, 1.82) is 0 Å². The van der Waals surface area contributed by atoms with Crippen molar-refractivity contribution in [2.75, 3.05) is 30.3 Å². The van der Waals surface area contributed by atoms with Crippen molar-refractivity contribution in [3.8, 4) is 11.1 Å². The first-order chi connectivity index (χ1) is 20.9. The molecule has 1 aromatic heterocycles. The average Bonchev–Trinajstić information content (AvgIpc) is 2.94. The quantitative estimate of drug-likeness (QED) is 0.169. The molecule has 0 aliphatic carbocycles. The van der Waals surface area contributed by atoms with Gasteiger partial charge in [-0.15, -0.1) is 11.8 Å². The van der Waals surface area contributed by atoms with Gasteiger partial charge in [0.1, 0.15) is 17.5 Å². The van der Waals surface area contributed by atoms with E-state index >= 15 is 4.39 Å². The molecule has 0 unspecified atom stereocenters. The molecule has 2 aromatic carbocycles. The highest BCUT2D eigenvalue weighted by atomic mass is 35.5. The van der Waals surface area contributed by atoms with Crippen LogP contribution in [0.25, 0.3) is 22.0 Å². The molecule has 1 fully saturated rings. The first-order valence-electron chi connectivity index (χ1n) is 13.6. The van der Waals surface area contributed by atoms with Crippen molar-refractivity contribution in [1.82, 2.24) is 14.5 Å². The number of aromatic nitrogens is 2. The Balaban J connectivity index is 1.83. The van der Waals surface area contributed by atoms with Crippen LogP contribution < -0.4 is 10.6 Å². The van der Waals surface area contributed by atoms with Gasteiger partial charge >= 0.3 is 11.9 Å². The van der Waals surface area contributed by atoms with E-state index in [1.807, 2.05) is 0 Å². The topological polar surface area (TPSA) is 67.7 Å². The van der Waals surface area contributed by atoms with Crippen molar-refractivity contribution >= 4 is 69.5 Å². The molecule has 0 N–H and O–H groups in total. The van der Waals surface area contributed by atoms with Gasteiger partial charge in [0.25, 0.3) is 0 Å². The number of carbonyl (C=O) groups excluding carboxylic acids is 1. The molecule has 3 aromatic rings. The van der Waals surface area contributed by atoms with E-state index in [0.717, 1.165) is 28.5 Å². The lowest BCUT2D eigenvalue weighted by Crippen LogP contribution is -2.58. The fourth-order valence-electron chi connectivity index (χ4n) is 5.94. The molecule has 45 heavy (non-hydrogen) atoms. The normalized spacial score (nSPS) is 20.5. The minimum Gasteiger partial charge on any atom is -0.401 e. The molecular weight excluding hydrogens is 635 g/mol. The Morgan fingerprint density at radius 3 is 2.38 bits per heavy atom. The van der Waals surface area contributed by atoms with Gasteiger partial charge in [0.05, 0.1) is 52.3 Å².